The third-order valence-corrected chi connectivity index (χ3v) is 5.73. The molecular formula is C21H22O6. The van der Waals surface area contributed by atoms with Crippen LogP contribution in [0.15, 0.2) is 36.4 Å². The smallest absolute Gasteiger partial charge is 0.231 e. The zero-order valence-electron chi connectivity index (χ0n) is 15.3. The zero-order chi connectivity index (χ0) is 18.4. The van der Waals surface area contributed by atoms with Crippen LogP contribution >= 0.6 is 0 Å². The Hall–Kier alpha value is -2.44. The summed E-state index contributed by atoms with van der Waals surface area (Å²) in [6.07, 6.45) is 0.00320. The molecule has 3 aliphatic rings. The highest BCUT2D eigenvalue weighted by atomic mass is 16.7. The van der Waals surface area contributed by atoms with Crippen LogP contribution in [0, 0.1) is 11.8 Å². The van der Waals surface area contributed by atoms with Crippen molar-refractivity contribution in [2.45, 2.75) is 12.2 Å². The number of ether oxygens (including phenoxy) is 6. The van der Waals surface area contributed by atoms with Crippen molar-refractivity contribution in [1.82, 2.24) is 0 Å². The third-order valence-electron chi connectivity index (χ3n) is 5.73. The molecule has 4 atom stereocenters. The van der Waals surface area contributed by atoms with Gasteiger partial charge >= 0.3 is 0 Å². The van der Waals surface area contributed by atoms with E-state index in [0.29, 0.717) is 30.8 Å². The highest BCUT2D eigenvalue weighted by molar-refractivity contribution is 5.46. The third kappa shape index (κ3) is 2.71. The summed E-state index contributed by atoms with van der Waals surface area (Å²) < 4.78 is 34.1. The molecule has 0 aliphatic carbocycles. The fourth-order valence-electron chi connectivity index (χ4n) is 4.35. The van der Waals surface area contributed by atoms with Crippen molar-refractivity contribution in [2.75, 3.05) is 34.2 Å². The second kappa shape index (κ2) is 6.62. The van der Waals surface area contributed by atoms with Gasteiger partial charge in [0.1, 0.15) is 0 Å². The van der Waals surface area contributed by atoms with Gasteiger partial charge in [-0.25, -0.2) is 0 Å². The molecule has 6 nitrogen and oxygen atoms in total. The number of hydrogen-bond donors (Lipinski definition) is 0. The summed E-state index contributed by atoms with van der Waals surface area (Å²) in [7, 11) is 3.29. The maximum atomic E-state index is 6.19. The second-order valence-electron chi connectivity index (χ2n) is 7.06. The molecule has 0 N–H and O–H groups in total. The molecule has 0 unspecified atom stereocenters. The molecule has 27 heavy (non-hydrogen) atoms. The molecule has 0 spiro atoms. The Bertz CT molecular complexity index is 851. The van der Waals surface area contributed by atoms with Gasteiger partial charge in [-0.2, -0.15) is 0 Å². The van der Waals surface area contributed by atoms with Crippen LogP contribution in [0.25, 0.3) is 0 Å². The quantitative estimate of drug-likeness (QED) is 0.821. The van der Waals surface area contributed by atoms with E-state index in [1.807, 2.05) is 30.3 Å². The van der Waals surface area contributed by atoms with Crippen LogP contribution in [0.1, 0.15) is 23.3 Å². The molecule has 2 saturated heterocycles. The molecule has 2 aromatic rings. The fraction of sp³-hybridized carbons (Fsp3) is 0.429. The number of hydrogen-bond acceptors (Lipinski definition) is 6. The molecule has 0 bridgehead atoms. The van der Waals surface area contributed by atoms with Crippen LogP contribution in [-0.4, -0.2) is 34.2 Å². The molecule has 2 aromatic carbocycles. The average molecular weight is 370 g/mol. The largest absolute Gasteiger partial charge is 0.493 e. The van der Waals surface area contributed by atoms with E-state index in [1.165, 1.54) is 0 Å². The molecule has 0 saturated carbocycles. The first-order valence-corrected chi connectivity index (χ1v) is 9.13. The van der Waals surface area contributed by atoms with Crippen molar-refractivity contribution >= 4 is 0 Å². The maximum Gasteiger partial charge on any atom is 0.231 e. The summed E-state index contributed by atoms with van der Waals surface area (Å²) >= 11 is 0. The lowest BCUT2D eigenvalue weighted by molar-refractivity contribution is 0.0191. The molecule has 6 heteroatoms. The molecule has 5 rings (SSSR count). The minimum Gasteiger partial charge on any atom is -0.493 e. The van der Waals surface area contributed by atoms with Gasteiger partial charge in [0.2, 0.25) is 6.79 Å². The monoisotopic (exact) mass is 370 g/mol. The summed E-state index contributed by atoms with van der Waals surface area (Å²) in [5, 5.41) is 0. The van der Waals surface area contributed by atoms with Crippen molar-refractivity contribution in [3.8, 4) is 23.0 Å². The van der Waals surface area contributed by atoms with E-state index in [0.717, 1.165) is 28.4 Å². The molecule has 142 valence electrons. The van der Waals surface area contributed by atoms with Crippen molar-refractivity contribution in [3.63, 3.8) is 0 Å². The zero-order valence-corrected chi connectivity index (χ0v) is 15.3. The second-order valence-corrected chi connectivity index (χ2v) is 7.06. The normalized spacial score (nSPS) is 28.2. The van der Waals surface area contributed by atoms with Crippen LogP contribution in [0.2, 0.25) is 0 Å². The fourth-order valence-corrected chi connectivity index (χ4v) is 4.35. The Labute approximate surface area is 157 Å². The van der Waals surface area contributed by atoms with Gasteiger partial charge in [-0.15, -0.1) is 0 Å². The van der Waals surface area contributed by atoms with Crippen molar-refractivity contribution in [1.29, 1.82) is 0 Å². The Morgan fingerprint density at radius 1 is 0.741 bits per heavy atom. The van der Waals surface area contributed by atoms with E-state index >= 15 is 0 Å². The van der Waals surface area contributed by atoms with Gasteiger partial charge in [-0.1, -0.05) is 12.1 Å². The Morgan fingerprint density at radius 2 is 1.37 bits per heavy atom. The lowest BCUT2D eigenvalue weighted by atomic mass is 9.85. The van der Waals surface area contributed by atoms with Gasteiger partial charge in [0.25, 0.3) is 0 Å². The van der Waals surface area contributed by atoms with Gasteiger partial charge in [0, 0.05) is 11.8 Å². The van der Waals surface area contributed by atoms with Crippen molar-refractivity contribution in [2.24, 2.45) is 11.8 Å². The molecule has 3 aliphatic heterocycles. The molecule has 2 fully saturated rings. The molecule has 0 amide bonds. The topological polar surface area (TPSA) is 55.4 Å². The van der Waals surface area contributed by atoms with Gasteiger partial charge in [-0.3, -0.25) is 0 Å². The highest BCUT2D eigenvalue weighted by Crippen LogP contribution is 2.51. The average Bonchev–Trinajstić information content (AvgIpc) is 3.42. The summed E-state index contributed by atoms with van der Waals surface area (Å²) in [5.41, 5.74) is 2.21. The van der Waals surface area contributed by atoms with Gasteiger partial charge in [0.05, 0.1) is 39.6 Å². The van der Waals surface area contributed by atoms with E-state index in [4.69, 9.17) is 28.4 Å². The van der Waals surface area contributed by atoms with Gasteiger partial charge in [-0.05, 0) is 35.4 Å². The predicted molar refractivity (Wildman–Crippen MR) is 96.5 cm³/mol. The van der Waals surface area contributed by atoms with Crippen LogP contribution < -0.4 is 18.9 Å². The van der Waals surface area contributed by atoms with E-state index in [9.17, 15) is 0 Å². The first kappa shape index (κ1) is 16.7. The Kier molecular flexibility index (Phi) is 4.10. The van der Waals surface area contributed by atoms with Crippen molar-refractivity contribution in [3.05, 3.63) is 47.5 Å². The summed E-state index contributed by atoms with van der Waals surface area (Å²) in [4.78, 5) is 0. The van der Waals surface area contributed by atoms with E-state index in [2.05, 4.69) is 6.07 Å². The SMILES string of the molecule is COc1ccc([C@H]2OC[C@@H]3[C@H]2CO[C@@H]3c2ccc3c(c2)OCO3)cc1OC. The van der Waals surface area contributed by atoms with Crippen LogP contribution in [0.5, 0.6) is 23.0 Å². The number of rotatable bonds is 4. The lowest BCUT2D eigenvalue weighted by Gasteiger charge is -2.18. The minimum absolute atomic E-state index is 0.00573. The number of fused-ring (bicyclic) bond motifs is 2. The van der Waals surface area contributed by atoms with E-state index in [-0.39, 0.29) is 19.0 Å². The lowest BCUT2D eigenvalue weighted by Crippen LogP contribution is -2.14. The standard InChI is InChI=1S/C21H22O6/c1-22-16-5-3-12(7-18(16)23-2)20-14-9-25-21(15(14)10-24-20)13-4-6-17-19(8-13)27-11-26-17/h3-8,14-15,20-21H,9-11H2,1-2H3/t14-,15-,20-,21-/m1/s1. The van der Waals surface area contributed by atoms with Crippen LogP contribution in [-0.2, 0) is 9.47 Å². The predicted octanol–water partition coefficient (Wildman–Crippen LogP) is 3.51. The molecule has 0 radical (unpaired) electrons. The highest BCUT2D eigenvalue weighted by Gasteiger charge is 2.48. The first-order valence-electron chi connectivity index (χ1n) is 9.13. The van der Waals surface area contributed by atoms with Crippen molar-refractivity contribution < 1.29 is 28.4 Å². The molecule has 3 heterocycles. The number of benzene rings is 2. The molecule has 0 aromatic heterocycles. The van der Waals surface area contributed by atoms with Crippen LogP contribution in [0.4, 0.5) is 0 Å². The van der Waals surface area contributed by atoms with Gasteiger partial charge in [0.15, 0.2) is 23.0 Å². The number of methoxy groups -OCH3 is 2. The summed E-state index contributed by atoms with van der Waals surface area (Å²) in [5.74, 6) is 3.63. The van der Waals surface area contributed by atoms with Gasteiger partial charge < -0.3 is 28.4 Å². The van der Waals surface area contributed by atoms with E-state index in [1.54, 1.807) is 14.2 Å². The summed E-state index contributed by atoms with van der Waals surface area (Å²) in [6, 6.07) is 12.0. The summed E-state index contributed by atoms with van der Waals surface area (Å²) in [6.45, 7) is 1.62. The Morgan fingerprint density at radius 3 is 2.07 bits per heavy atom. The Balaban J connectivity index is 1.39. The van der Waals surface area contributed by atoms with E-state index < -0.39 is 0 Å². The van der Waals surface area contributed by atoms with Crippen LogP contribution in [0.3, 0.4) is 0 Å². The molecular weight excluding hydrogens is 348 g/mol. The maximum absolute atomic E-state index is 6.19. The first-order chi connectivity index (χ1) is 13.3. The minimum atomic E-state index is -0.00573.